The molecule has 0 saturated heterocycles. The molecule has 2 N–H and O–H groups in total. The molecule has 0 radical (unpaired) electrons. The van der Waals surface area contributed by atoms with Gasteiger partial charge in [-0.1, -0.05) is 17.7 Å². The van der Waals surface area contributed by atoms with Gasteiger partial charge in [0.15, 0.2) is 0 Å². The molecule has 0 aliphatic carbocycles. The lowest BCUT2D eigenvalue weighted by Gasteiger charge is -2.06. The van der Waals surface area contributed by atoms with Crippen molar-refractivity contribution in [3.8, 4) is 22.9 Å². The fraction of sp³-hybridized carbons (Fsp3) is 0. The average Bonchev–Trinajstić information content (AvgIpc) is 2.38. The van der Waals surface area contributed by atoms with Crippen LogP contribution in [-0.2, 0) is 0 Å². The summed E-state index contributed by atoms with van der Waals surface area (Å²) in [6.07, 6.45) is 0. The van der Waals surface area contributed by atoms with Crippen molar-refractivity contribution in [3.05, 3.63) is 52.5 Å². The first-order valence-electron chi connectivity index (χ1n) is 5.28. The SMILES string of the molecule is N#Cc1cc(O)cc(-c2ccc(Cl)c(C(=O)O)c2)c1. The van der Waals surface area contributed by atoms with Crippen LogP contribution < -0.4 is 0 Å². The molecule has 4 nitrogen and oxygen atoms in total. The predicted octanol–water partition coefficient (Wildman–Crippen LogP) is 3.28. The summed E-state index contributed by atoms with van der Waals surface area (Å²) in [7, 11) is 0. The fourth-order valence-corrected chi connectivity index (χ4v) is 1.91. The topological polar surface area (TPSA) is 81.3 Å². The lowest BCUT2D eigenvalue weighted by Crippen LogP contribution is -1.97. The molecule has 94 valence electrons. The second-order valence-electron chi connectivity index (χ2n) is 3.88. The molecule has 0 amide bonds. The van der Waals surface area contributed by atoms with Gasteiger partial charge >= 0.3 is 5.97 Å². The van der Waals surface area contributed by atoms with Gasteiger partial charge in [-0.15, -0.1) is 0 Å². The molecular formula is C14H8ClNO3. The van der Waals surface area contributed by atoms with Gasteiger partial charge in [-0.3, -0.25) is 0 Å². The predicted molar refractivity (Wildman–Crippen MR) is 70.2 cm³/mol. The van der Waals surface area contributed by atoms with Crippen LogP contribution in [0.2, 0.25) is 5.02 Å². The molecule has 0 spiro atoms. The Morgan fingerprint density at radius 1 is 1.16 bits per heavy atom. The molecule has 0 aliphatic rings. The van der Waals surface area contributed by atoms with E-state index in [1.807, 2.05) is 6.07 Å². The maximum Gasteiger partial charge on any atom is 0.337 e. The van der Waals surface area contributed by atoms with Crippen LogP contribution in [0, 0.1) is 11.3 Å². The van der Waals surface area contributed by atoms with Crippen molar-refractivity contribution in [3.63, 3.8) is 0 Å². The van der Waals surface area contributed by atoms with E-state index in [4.69, 9.17) is 22.0 Å². The number of phenolic OH excluding ortho intramolecular Hbond substituents is 1. The summed E-state index contributed by atoms with van der Waals surface area (Å²) in [6.45, 7) is 0. The van der Waals surface area contributed by atoms with E-state index in [2.05, 4.69) is 0 Å². The van der Waals surface area contributed by atoms with Crippen LogP contribution in [0.15, 0.2) is 36.4 Å². The van der Waals surface area contributed by atoms with E-state index < -0.39 is 5.97 Å². The van der Waals surface area contributed by atoms with Crippen molar-refractivity contribution in [1.29, 1.82) is 5.26 Å². The Balaban J connectivity index is 2.60. The Labute approximate surface area is 114 Å². The van der Waals surface area contributed by atoms with Gasteiger partial charge in [0.2, 0.25) is 0 Å². The zero-order chi connectivity index (χ0) is 14.0. The lowest BCUT2D eigenvalue weighted by atomic mass is 10.0. The molecule has 0 aromatic heterocycles. The monoisotopic (exact) mass is 273 g/mol. The maximum atomic E-state index is 11.0. The number of aromatic hydroxyl groups is 1. The summed E-state index contributed by atoms with van der Waals surface area (Å²) in [5.74, 6) is -1.19. The first-order chi connectivity index (χ1) is 9.01. The largest absolute Gasteiger partial charge is 0.508 e. The third-order valence-electron chi connectivity index (χ3n) is 2.58. The molecule has 0 aliphatic heterocycles. The summed E-state index contributed by atoms with van der Waals surface area (Å²) in [4.78, 5) is 11.0. The zero-order valence-electron chi connectivity index (χ0n) is 9.59. The molecule has 0 atom stereocenters. The second kappa shape index (κ2) is 5.01. The first-order valence-corrected chi connectivity index (χ1v) is 5.66. The highest BCUT2D eigenvalue weighted by atomic mass is 35.5. The molecule has 0 fully saturated rings. The quantitative estimate of drug-likeness (QED) is 0.880. The van der Waals surface area contributed by atoms with Gasteiger partial charge in [-0.05, 0) is 41.5 Å². The number of rotatable bonds is 2. The molecule has 0 saturated carbocycles. The van der Waals surface area contributed by atoms with Gasteiger partial charge in [0.25, 0.3) is 0 Å². The minimum atomic E-state index is -1.13. The van der Waals surface area contributed by atoms with Crippen LogP contribution in [-0.4, -0.2) is 16.2 Å². The second-order valence-corrected chi connectivity index (χ2v) is 4.29. The summed E-state index contributed by atoms with van der Waals surface area (Å²) in [5, 5.41) is 27.5. The number of nitrogens with zero attached hydrogens (tertiary/aromatic N) is 1. The highest BCUT2D eigenvalue weighted by molar-refractivity contribution is 6.33. The van der Waals surface area contributed by atoms with E-state index in [0.29, 0.717) is 16.7 Å². The molecule has 2 rings (SSSR count). The van der Waals surface area contributed by atoms with Crippen molar-refractivity contribution in [1.82, 2.24) is 0 Å². The zero-order valence-corrected chi connectivity index (χ0v) is 10.3. The number of hydrogen-bond acceptors (Lipinski definition) is 3. The average molecular weight is 274 g/mol. The van der Waals surface area contributed by atoms with Crippen LogP contribution in [0.5, 0.6) is 5.75 Å². The Kier molecular flexibility index (Phi) is 3.41. The maximum absolute atomic E-state index is 11.0. The van der Waals surface area contributed by atoms with Gasteiger partial charge in [0, 0.05) is 0 Å². The van der Waals surface area contributed by atoms with Crippen molar-refractivity contribution < 1.29 is 15.0 Å². The molecule has 0 bridgehead atoms. The van der Waals surface area contributed by atoms with Gasteiger partial charge in [0.05, 0.1) is 22.2 Å². The molecule has 0 unspecified atom stereocenters. The van der Waals surface area contributed by atoms with E-state index in [9.17, 15) is 9.90 Å². The number of aromatic carboxylic acids is 1. The summed E-state index contributed by atoms with van der Waals surface area (Å²) < 4.78 is 0. The highest BCUT2D eigenvalue weighted by Gasteiger charge is 2.11. The highest BCUT2D eigenvalue weighted by Crippen LogP contribution is 2.28. The van der Waals surface area contributed by atoms with Gasteiger partial charge < -0.3 is 10.2 Å². The van der Waals surface area contributed by atoms with E-state index in [1.54, 1.807) is 12.1 Å². The molecule has 0 heterocycles. The van der Waals surface area contributed by atoms with Gasteiger partial charge in [-0.25, -0.2) is 4.79 Å². The van der Waals surface area contributed by atoms with Gasteiger partial charge in [0.1, 0.15) is 5.75 Å². The number of hydrogen-bond donors (Lipinski definition) is 2. The van der Waals surface area contributed by atoms with Gasteiger partial charge in [-0.2, -0.15) is 5.26 Å². The van der Waals surface area contributed by atoms with Crippen molar-refractivity contribution in [2.45, 2.75) is 0 Å². The number of nitriles is 1. The molecule has 2 aromatic rings. The number of benzene rings is 2. The summed E-state index contributed by atoms with van der Waals surface area (Å²) in [5.41, 5.74) is 1.38. The van der Waals surface area contributed by atoms with Crippen LogP contribution in [0.1, 0.15) is 15.9 Å². The Morgan fingerprint density at radius 3 is 2.53 bits per heavy atom. The molecule has 19 heavy (non-hydrogen) atoms. The summed E-state index contributed by atoms with van der Waals surface area (Å²) >= 11 is 5.79. The van der Waals surface area contributed by atoms with Crippen LogP contribution in [0.3, 0.4) is 0 Å². The van der Waals surface area contributed by atoms with E-state index in [1.165, 1.54) is 24.3 Å². The number of carboxylic acid groups (broad SMARTS) is 1. The van der Waals surface area contributed by atoms with Crippen molar-refractivity contribution >= 4 is 17.6 Å². The van der Waals surface area contributed by atoms with Crippen LogP contribution in [0.4, 0.5) is 0 Å². The van der Waals surface area contributed by atoms with Crippen LogP contribution in [0.25, 0.3) is 11.1 Å². The van der Waals surface area contributed by atoms with Crippen molar-refractivity contribution in [2.24, 2.45) is 0 Å². The lowest BCUT2D eigenvalue weighted by molar-refractivity contribution is 0.0697. The van der Waals surface area contributed by atoms with Crippen molar-refractivity contribution in [2.75, 3.05) is 0 Å². The minimum absolute atomic E-state index is 0.0268. The normalized spacial score (nSPS) is 9.89. The standard InChI is InChI=1S/C14H8ClNO3/c15-13-2-1-9(6-12(13)14(18)19)10-3-8(7-16)4-11(17)5-10/h1-6,17H,(H,18,19). The third kappa shape index (κ3) is 2.67. The van der Waals surface area contributed by atoms with E-state index >= 15 is 0 Å². The number of phenols is 1. The van der Waals surface area contributed by atoms with Crippen LogP contribution >= 0.6 is 11.6 Å². The third-order valence-corrected chi connectivity index (χ3v) is 2.91. The Bertz CT molecular complexity index is 704. The Hall–Kier alpha value is -2.51. The smallest absolute Gasteiger partial charge is 0.337 e. The minimum Gasteiger partial charge on any atom is -0.508 e. The molecular weight excluding hydrogens is 266 g/mol. The number of carbonyl (C=O) groups is 1. The number of halogens is 1. The van der Waals surface area contributed by atoms with E-state index in [-0.39, 0.29) is 16.3 Å². The van der Waals surface area contributed by atoms with E-state index in [0.717, 1.165) is 0 Å². The molecule has 2 aromatic carbocycles. The summed E-state index contributed by atoms with van der Waals surface area (Å²) in [6, 6.07) is 10.8. The molecule has 5 heteroatoms. The Morgan fingerprint density at radius 2 is 1.89 bits per heavy atom. The number of carboxylic acids is 1. The fourth-order valence-electron chi connectivity index (χ4n) is 1.71. The first kappa shape index (κ1) is 12.9.